The number of likely N-dealkylation sites (N-methyl/N-ethyl adjacent to an activating group) is 1. The minimum atomic E-state index is 0.0629. The van der Waals surface area contributed by atoms with Crippen molar-refractivity contribution in [2.45, 2.75) is 44.6 Å². The Bertz CT molecular complexity index is 226. The fourth-order valence-corrected chi connectivity index (χ4v) is 2.51. The number of nitrogens with one attached hydrogen (secondary N) is 2. The van der Waals surface area contributed by atoms with Crippen molar-refractivity contribution in [3.63, 3.8) is 0 Å². The number of carbonyl (C=O) groups is 1. The summed E-state index contributed by atoms with van der Waals surface area (Å²) in [4.78, 5) is 11.5. The summed E-state index contributed by atoms with van der Waals surface area (Å²) in [5.41, 5.74) is 0. The smallest absolute Gasteiger partial charge is 0.236 e. The van der Waals surface area contributed by atoms with Crippen molar-refractivity contribution in [1.82, 2.24) is 10.6 Å². The Morgan fingerprint density at radius 3 is 2.67 bits per heavy atom. The first-order valence-corrected chi connectivity index (χ1v) is 6.24. The van der Waals surface area contributed by atoms with Gasteiger partial charge in [-0.3, -0.25) is 4.79 Å². The second-order valence-corrected chi connectivity index (χ2v) is 5.03. The lowest BCUT2D eigenvalue weighted by molar-refractivity contribution is -0.123. The molecule has 2 rings (SSSR count). The lowest BCUT2D eigenvalue weighted by Gasteiger charge is -2.29. The predicted molar refractivity (Wildman–Crippen MR) is 60.5 cm³/mol. The lowest BCUT2D eigenvalue weighted by Crippen LogP contribution is -2.47. The van der Waals surface area contributed by atoms with Gasteiger partial charge in [-0.15, -0.1) is 0 Å². The first-order valence-electron chi connectivity index (χ1n) is 6.24. The van der Waals surface area contributed by atoms with Gasteiger partial charge < -0.3 is 10.6 Å². The van der Waals surface area contributed by atoms with Crippen molar-refractivity contribution in [1.29, 1.82) is 0 Å². The van der Waals surface area contributed by atoms with Crippen molar-refractivity contribution in [2.24, 2.45) is 11.8 Å². The van der Waals surface area contributed by atoms with Gasteiger partial charge in [0.2, 0.25) is 5.91 Å². The molecule has 1 aliphatic carbocycles. The van der Waals surface area contributed by atoms with Gasteiger partial charge in [0.05, 0.1) is 6.04 Å². The molecule has 0 aromatic rings. The Morgan fingerprint density at radius 1 is 1.27 bits per heavy atom. The van der Waals surface area contributed by atoms with Crippen LogP contribution in [0, 0.1) is 11.8 Å². The van der Waals surface area contributed by atoms with E-state index in [1.807, 2.05) is 0 Å². The van der Waals surface area contributed by atoms with E-state index < -0.39 is 0 Å². The molecule has 2 N–H and O–H groups in total. The number of hydrogen-bond donors (Lipinski definition) is 2. The summed E-state index contributed by atoms with van der Waals surface area (Å²) in [5.74, 6) is 1.96. The van der Waals surface area contributed by atoms with Crippen molar-refractivity contribution in [2.75, 3.05) is 13.6 Å². The van der Waals surface area contributed by atoms with E-state index in [2.05, 4.69) is 10.6 Å². The van der Waals surface area contributed by atoms with Gasteiger partial charge in [-0.05, 0) is 31.2 Å². The zero-order valence-corrected chi connectivity index (χ0v) is 9.59. The van der Waals surface area contributed by atoms with Crippen molar-refractivity contribution < 1.29 is 4.79 Å². The van der Waals surface area contributed by atoms with Crippen LogP contribution >= 0.6 is 0 Å². The van der Waals surface area contributed by atoms with E-state index in [9.17, 15) is 4.79 Å². The van der Waals surface area contributed by atoms with Crippen molar-refractivity contribution in [3.8, 4) is 0 Å². The van der Waals surface area contributed by atoms with Gasteiger partial charge in [0, 0.05) is 7.05 Å². The maximum absolute atomic E-state index is 11.5. The molecular weight excluding hydrogens is 188 g/mol. The fraction of sp³-hybridized carbons (Fsp3) is 0.917. The minimum absolute atomic E-state index is 0.0629. The molecule has 0 radical (unpaired) electrons. The van der Waals surface area contributed by atoms with Crippen LogP contribution < -0.4 is 10.6 Å². The Morgan fingerprint density at radius 2 is 2.00 bits per heavy atom. The third kappa shape index (κ3) is 3.20. The van der Waals surface area contributed by atoms with Crippen LogP contribution in [0.3, 0.4) is 0 Å². The van der Waals surface area contributed by atoms with E-state index in [4.69, 9.17) is 0 Å². The zero-order chi connectivity index (χ0) is 10.7. The zero-order valence-electron chi connectivity index (χ0n) is 9.59. The molecule has 2 unspecified atom stereocenters. The molecular formula is C12H22N2O. The van der Waals surface area contributed by atoms with Gasteiger partial charge in [0.15, 0.2) is 0 Å². The Hall–Kier alpha value is -0.570. The van der Waals surface area contributed by atoms with Crippen LogP contribution in [-0.4, -0.2) is 25.5 Å². The quantitative estimate of drug-likeness (QED) is 0.734. The molecule has 15 heavy (non-hydrogen) atoms. The van der Waals surface area contributed by atoms with Crippen LogP contribution in [0.4, 0.5) is 0 Å². The molecule has 3 nitrogen and oxygen atoms in total. The van der Waals surface area contributed by atoms with Gasteiger partial charge in [0.1, 0.15) is 0 Å². The Kier molecular flexibility index (Phi) is 3.62. The van der Waals surface area contributed by atoms with Gasteiger partial charge >= 0.3 is 0 Å². The normalized spacial score (nSPS) is 31.3. The number of piperidine rings is 1. The number of carbonyl (C=O) groups excluding carboxylic acids is 1. The molecule has 2 aliphatic rings. The molecule has 86 valence electrons. The highest BCUT2D eigenvalue weighted by molar-refractivity contribution is 5.81. The summed E-state index contributed by atoms with van der Waals surface area (Å²) in [6.07, 6.45) is 7.91. The molecule has 3 heteroatoms. The molecule has 0 aromatic heterocycles. The maximum atomic E-state index is 11.5. The third-order valence-corrected chi connectivity index (χ3v) is 3.76. The maximum Gasteiger partial charge on any atom is 0.236 e. The predicted octanol–water partition coefficient (Wildman–Crippen LogP) is 1.29. The topological polar surface area (TPSA) is 41.1 Å². The van der Waals surface area contributed by atoms with Crippen LogP contribution in [0.25, 0.3) is 0 Å². The first kappa shape index (κ1) is 10.9. The largest absolute Gasteiger partial charge is 0.358 e. The number of amides is 1. The van der Waals surface area contributed by atoms with E-state index in [1.54, 1.807) is 7.05 Å². The standard InChI is InChI=1S/C12H22N2O/c1-13-12(15)11-8-10(6-7-14-11)5-4-9-2-3-9/h9-11,14H,2-8H2,1H3,(H,13,15). The molecule has 0 bridgehead atoms. The average molecular weight is 210 g/mol. The van der Waals surface area contributed by atoms with Crippen LogP contribution in [0.15, 0.2) is 0 Å². The second kappa shape index (κ2) is 4.97. The highest BCUT2D eigenvalue weighted by Gasteiger charge is 2.28. The Balaban J connectivity index is 1.72. The summed E-state index contributed by atoms with van der Waals surface area (Å²) >= 11 is 0. The monoisotopic (exact) mass is 210 g/mol. The summed E-state index contributed by atoms with van der Waals surface area (Å²) in [6, 6.07) is 0.0629. The molecule has 1 saturated carbocycles. The van der Waals surface area contributed by atoms with Crippen LogP contribution in [0.5, 0.6) is 0 Å². The average Bonchev–Trinajstić information content (AvgIpc) is 3.09. The number of hydrogen-bond acceptors (Lipinski definition) is 2. The highest BCUT2D eigenvalue weighted by atomic mass is 16.2. The summed E-state index contributed by atoms with van der Waals surface area (Å²) in [6.45, 7) is 1.01. The van der Waals surface area contributed by atoms with Gasteiger partial charge in [-0.2, -0.15) is 0 Å². The summed E-state index contributed by atoms with van der Waals surface area (Å²) in [5, 5.41) is 6.02. The molecule has 0 spiro atoms. The molecule has 2 fully saturated rings. The minimum Gasteiger partial charge on any atom is -0.358 e. The molecule has 1 heterocycles. The summed E-state index contributed by atoms with van der Waals surface area (Å²) < 4.78 is 0. The first-order chi connectivity index (χ1) is 7.29. The van der Waals surface area contributed by atoms with Crippen LogP contribution in [0.1, 0.15) is 38.5 Å². The molecule has 2 atom stereocenters. The summed E-state index contributed by atoms with van der Waals surface area (Å²) in [7, 11) is 1.72. The lowest BCUT2D eigenvalue weighted by atomic mass is 9.87. The fourth-order valence-electron chi connectivity index (χ4n) is 2.51. The molecule has 0 aromatic carbocycles. The van der Waals surface area contributed by atoms with Crippen molar-refractivity contribution in [3.05, 3.63) is 0 Å². The van der Waals surface area contributed by atoms with E-state index in [-0.39, 0.29) is 11.9 Å². The molecule has 1 aliphatic heterocycles. The van der Waals surface area contributed by atoms with E-state index in [0.29, 0.717) is 0 Å². The van der Waals surface area contributed by atoms with Crippen molar-refractivity contribution >= 4 is 5.91 Å². The third-order valence-electron chi connectivity index (χ3n) is 3.76. The second-order valence-electron chi connectivity index (χ2n) is 5.03. The molecule has 1 saturated heterocycles. The van der Waals surface area contributed by atoms with Gasteiger partial charge in [0.25, 0.3) is 0 Å². The van der Waals surface area contributed by atoms with Gasteiger partial charge in [-0.25, -0.2) is 0 Å². The van der Waals surface area contributed by atoms with Crippen LogP contribution in [0.2, 0.25) is 0 Å². The van der Waals surface area contributed by atoms with E-state index in [0.717, 1.165) is 24.8 Å². The van der Waals surface area contributed by atoms with Crippen LogP contribution in [-0.2, 0) is 4.79 Å². The molecule has 1 amide bonds. The van der Waals surface area contributed by atoms with E-state index >= 15 is 0 Å². The van der Waals surface area contributed by atoms with Gasteiger partial charge in [-0.1, -0.05) is 25.7 Å². The van der Waals surface area contributed by atoms with E-state index in [1.165, 1.54) is 32.1 Å². The Labute approximate surface area is 92.0 Å². The SMILES string of the molecule is CNC(=O)C1CC(CCC2CC2)CCN1. The number of rotatable bonds is 4. The highest BCUT2D eigenvalue weighted by Crippen LogP contribution is 2.36.